The maximum Gasteiger partial charge on any atom is 0.354 e. The van der Waals surface area contributed by atoms with Gasteiger partial charge >= 0.3 is 5.97 Å². The Kier molecular flexibility index (Phi) is 4.24. The number of piperidine rings is 1. The van der Waals surface area contributed by atoms with Crippen LogP contribution in [0.3, 0.4) is 0 Å². The number of para-hydroxylation sites is 1. The van der Waals surface area contributed by atoms with Gasteiger partial charge in [0.1, 0.15) is 0 Å². The van der Waals surface area contributed by atoms with Crippen LogP contribution >= 0.6 is 0 Å². The molecule has 0 bridgehead atoms. The van der Waals surface area contributed by atoms with Crippen LogP contribution in [0.25, 0.3) is 5.69 Å². The summed E-state index contributed by atoms with van der Waals surface area (Å²) in [7, 11) is 0. The molecule has 1 aromatic heterocycles. The summed E-state index contributed by atoms with van der Waals surface area (Å²) in [4.78, 5) is 26.4. The van der Waals surface area contributed by atoms with Gasteiger partial charge in [-0.15, -0.1) is 0 Å². The van der Waals surface area contributed by atoms with Gasteiger partial charge in [-0.25, -0.2) is 9.48 Å². The minimum atomic E-state index is -1.10. The minimum absolute atomic E-state index is 0.00433. The molecule has 1 amide bonds. The van der Waals surface area contributed by atoms with Crippen molar-refractivity contribution in [2.24, 2.45) is 5.41 Å². The van der Waals surface area contributed by atoms with E-state index in [1.165, 1.54) is 10.7 Å². The van der Waals surface area contributed by atoms with Crippen molar-refractivity contribution in [1.29, 1.82) is 0 Å². The van der Waals surface area contributed by atoms with Crippen molar-refractivity contribution in [3.8, 4) is 5.69 Å². The van der Waals surface area contributed by atoms with Gasteiger partial charge in [-0.3, -0.25) is 4.79 Å². The predicted molar refractivity (Wildman–Crippen MR) is 95.6 cm³/mol. The summed E-state index contributed by atoms with van der Waals surface area (Å²) in [6.45, 7) is 3.43. The van der Waals surface area contributed by atoms with E-state index in [0.717, 1.165) is 38.9 Å². The second-order valence-electron chi connectivity index (χ2n) is 7.19. The summed E-state index contributed by atoms with van der Waals surface area (Å²) >= 11 is 0. The highest BCUT2D eigenvalue weighted by molar-refractivity contribution is 5.96. The van der Waals surface area contributed by atoms with E-state index in [4.69, 9.17) is 0 Å². The van der Waals surface area contributed by atoms with E-state index in [2.05, 4.69) is 10.4 Å². The molecule has 1 spiro atoms. The molecule has 2 saturated heterocycles. The molecule has 0 atom stereocenters. The van der Waals surface area contributed by atoms with Gasteiger partial charge in [0.25, 0.3) is 5.91 Å². The fourth-order valence-electron chi connectivity index (χ4n) is 4.04. The van der Waals surface area contributed by atoms with Gasteiger partial charge in [0.05, 0.1) is 5.69 Å². The number of aromatic nitrogens is 2. The predicted octanol–water partition coefficient (Wildman–Crippen LogP) is 1.79. The fraction of sp³-hybridized carbons (Fsp3) is 0.421. The SMILES string of the molecule is O=C(O)c1cc(C(=O)N2CCC3(CCNCC3)C2)nn1-c1ccccc1. The summed E-state index contributed by atoms with van der Waals surface area (Å²) in [5, 5.41) is 17.2. The monoisotopic (exact) mass is 354 g/mol. The van der Waals surface area contributed by atoms with Crippen LogP contribution in [-0.2, 0) is 0 Å². The molecular formula is C19H22N4O3. The van der Waals surface area contributed by atoms with Gasteiger partial charge in [-0.1, -0.05) is 18.2 Å². The lowest BCUT2D eigenvalue weighted by Gasteiger charge is -2.33. The lowest BCUT2D eigenvalue weighted by atomic mass is 9.78. The smallest absolute Gasteiger partial charge is 0.354 e. The number of aromatic carboxylic acids is 1. The summed E-state index contributed by atoms with van der Waals surface area (Å²) in [5.41, 5.74) is 1.02. The molecule has 0 saturated carbocycles. The number of carbonyl (C=O) groups excluding carboxylic acids is 1. The van der Waals surface area contributed by atoms with Crippen LogP contribution in [0.1, 0.15) is 40.2 Å². The van der Waals surface area contributed by atoms with Gasteiger partial charge in [-0.05, 0) is 49.9 Å². The Bertz CT molecular complexity index is 825. The molecule has 7 heteroatoms. The van der Waals surface area contributed by atoms with Gasteiger partial charge < -0.3 is 15.3 Å². The number of hydrogen-bond acceptors (Lipinski definition) is 4. The third-order valence-electron chi connectivity index (χ3n) is 5.54. The third-order valence-corrected chi connectivity index (χ3v) is 5.54. The second kappa shape index (κ2) is 6.57. The molecule has 2 aliphatic heterocycles. The molecule has 4 rings (SSSR count). The maximum absolute atomic E-state index is 12.9. The summed E-state index contributed by atoms with van der Waals surface area (Å²) in [6, 6.07) is 10.4. The van der Waals surface area contributed by atoms with Gasteiger partial charge in [0.2, 0.25) is 0 Å². The van der Waals surface area contributed by atoms with Crippen LogP contribution in [0, 0.1) is 5.41 Å². The van der Waals surface area contributed by atoms with Crippen LogP contribution in [-0.4, -0.2) is 57.8 Å². The first kappa shape index (κ1) is 16.8. The first-order valence-corrected chi connectivity index (χ1v) is 8.97. The van der Waals surface area contributed by atoms with Crippen molar-refractivity contribution in [2.75, 3.05) is 26.2 Å². The average molecular weight is 354 g/mol. The number of carbonyl (C=O) groups is 2. The van der Waals surface area contributed by atoms with Crippen LogP contribution < -0.4 is 5.32 Å². The number of hydrogen-bond donors (Lipinski definition) is 2. The van der Waals surface area contributed by atoms with Crippen molar-refractivity contribution in [3.63, 3.8) is 0 Å². The summed E-state index contributed by atoms with van der Waals surface area (Å²) in [5.74, 6) is -1.28. The Labute approximate surface area is 151 Å². The zero-order valence-corrected chi connectivity index (χ0v) is 14.5. The first-order chi connectivity index (χ1) is 12.6. The fourth-order valence-corrected chi connectivity index (χ4v) is 4.04. The van der Waals surface area contributed by atoms with E-state index in [-0.39, 0.29) is 22.7 Å². The number of nitrogens with zero attached hydrogens (tertiary/aromatic N) is 3. The van der Waals surface area contributed by atoms with E-state index in [1.54, 1.807) is 12.1 Å². The zero-order valence-electron chi connectivity index (χ0n) is 14.5. The van der Waals surface area contributed by atoms with Crippen LogP contribution in [0.4, 0.5) is 0 Å². The molecule has 0 radical (unpaired) electrons. The number of benzene rings is 1. The number of rotatable bonds is 3. The van der Waals surface area contributed by atoms with E-state index in [0.29, 0.717) is 12.2 Å². The maximum atomic E-state index is 12.9. The standard InChI is InChI=1S/C19H22N4O3/c24-17(22-11-8-19(13-22)6-9-20-10-7-19)15-12-16(18(25)26)23(21-15)14-4-2-1-3-5-14/h1-5,12,20H,6-11,13H2,(H,25,26). The highest BCUT2D eigenvalue weighted by atomic mass is 16.4. The summed E-state index contributed by atoms with van der Waals surface area (Å²) in [6.07, 6.45) is 3.16. The molecule has 1 aromatic carbocycles. The Balaban J connectivity index is 1.60. The number of nitrogens with one attached hydrogen (secondary N) is 1. The molecule has 0 unspecified atom stereocenters. The Hall–Kier alpha value is -2.67. The molecule has 3 heterocycles. The number of carboxylic acids is 1. The van der Waals surface area contributed by atoms with Gasteiger partial charge in [0, 0.05) is 19.2 Å². The lowest BCUT2D eigenvalue weighted by Crippen LogP contribution is -2.39. The van der Waals surface area contributed by atoms with Gasteiger partial charge in [0.15, 0.2) is 11.4 Å². The molecular weight excluding hydrogens is 332 g/mol. The number of likely N-dealkylation sites (tertiary alicyclic amines) is 1. The molecule has 136 valence electrons. The molecule has 2 aliphatic rings. The highest BCUT2D eigenvalue weighted by Gasteiger charge is 2.41. The summed E-state index contributed by atoms with van der Waals surface area (Å²) < 4.78 is 1.33. The van der Waals surface area contributed by atoms with Crippen LogP contribution in [0.15, 0.2) is 36.4 Å². The molecule has 7 nitrogen and oxygen atoms in total. The normalized spacial score (nSPS) is 19.0. The van der Waals surface area contributed by atoms with E-state index >= 15 is 0 Å². The van der Waals surface area contributed by atoms with Crippen LogP contribution in [0.5, 0.6) is 0 Å². The van der Waals surface area contributed by atoms with Gasteiger partial charge in [-0.2, -0.15) is 5.10 Å². The molecule has 0 aliphatic carbocycles. The lowest BCUT2D eigenvalue weighted by molar-refractivity contribution is 0.0686. The van der Waals surface area contributed by atoms with Crippen molar-refractivity contribution in [2.45, 2.75) is 19.3 Å². The van der Waals surface area contributed by atoms with Crippen molar-refractivity contribution >= 4 is 11.9 Å². The Morgan fingerprint density at radius 2 is 1.85 bits per heavy atom. The second-order valence-corrected chi connectivity index (χ2v) is 7.19. The van der Waals surface area contributed by atoms with E-state index in [1.807, 2.05) is 23.1 Å². The highest BCUT2D eigenvalue weighted by Crippen LogP contribution is 2.39. The van der Waals surface area contributed by atoms with Crippen molar-refractivity contribution in [1.82, 2.24) is 20.0 Å². The average Bonchev–Trinajstić information content (AvgIpc) is 3.28. The minimum Gasteiger partial charge on any atom is -0.477 e. The topological polar surface area (TPSA) is 87.5 Å². The third kappa shape index (κ3) is 2.99. The molecule has 26 heavy (non-hydrogen) atoms. The molecule has 2 fully saturated rings. The van der Waals surface area contributed by atoms with E-state index in [9.17, 15) is 14.7 Å². The largest absolute Gasteiger partial charge is 0.477 e. The first-order valence-electron chi connectivity index (χ1n) is 8.97. The molecule has 2 N–H and O–H groups in total. The quantitative estimate of drug-likeness (QED) is 0.877. The van der Waals surface area contributed by atoms with Crippen LogP contribution in [0.2, 0.25) is 0 Å². The zero-order chi connectivity index (χ0) is 18.1. The number of amides is 1. The Morgan fingerprint density at radius 3 is 2.54 bits per heavy atom. The van der Waals surface area contributed by atoms with Crippen molar-refractivity contribution in [3.05, 3.63) is 47.8 Å². The van der Waals surface area contributed by atoms with E-state index < -0.39 is 5.97 Å². The Morgan fingerprint density at radius 1 is 1.12 bits per heavy atom. The number of carboxylic acid groups (broad SMARTS) is 1. The molecule has 2 aromatic rings. The van der Waals surface area contributed by atoms with Crippen molar-refractivity contribution < 1.29 is 14.7 Å².